The van der Waals surface area contributed by atoms with Crippen LogP contribution in [-0.4, -0.2) is 46.9 Å². The predicted molar refractivity (Wildman–Crippen MR) is 269 cm³/mol. The molecule has 6 nitrogen and oxygen atoms in total. The van der Waals surface area contributed by atoms with Crippen LogP contribution in [0, 0.1) is 0 Å². The van der Waals surface area contributed by atoms with Gasteiger partial charge in [-0.2, -0.15) is 0 Å². The van der Waals surface area contributed by atoms with Gasteiger partial charge < -0.3 is 20.3 Å². The lowest BCUT2D eigenvalue weighted by Gasteiger charge is -2.24. The molecule has 0 fully saturated rings. The summed E-state index contributed by atoms with van der Waals surface area (Å²) in [6, 6.07) is -0.706. The lowest BCUT2D eigenvalue weighted by atomic mass is 10.0. The smallest absolute Gasteiger partial charge is 0.306 e. The van der Waals surface area contributed by atoms with Crippen LogP contribution in [-0.2, 0) is 14.3 Å². The fourth-order valence-electron chi connectivity index (χ4n) is 8.60. The first-order chi connectivity index (χ1) is 30.5. The maximum atomic E-state index is 13.2. The highest BCUT2D eigenvalue weighted by atomic mass is 16.5. The van der Waals surface area contributed by atoms with Crippen molar-refractivity contribution in [3.63, 3.8) is 0 Å². The van der Waals surface area contributed by atoms with Gasteiger partial charge >= 0.3 is 5.97 Å². The third-order valence-electron chi connectivity index (χ3n) is 12.8. The molecular formula is C56H107NO5. The molecule has 0 aromatic carbocycles. The van der Waals surface area contributed by atoms with Crippen molar-refractivity contribution in [3.05, 3.63) is 24.3 Å². The number of unbranched alkanes of at least 4 members (excludes halogenated alkanes) is 35. The molecule has 3 atom stereocenters. The van der Waals surface area contributed by atoms with Crippen LogP contribution in [0.2, 0.25) is 0 Å². The summed E-state index contributed by atoms with van der Waals surface area (Å²) in [5, 5.41) is 23.8. The van der Waals surface area contributed by atoms with E-state index in [1.807, 2.05) is 0 Å². The summed E-state index contributed by atoms with van der Waals surface area (Å²) in [5.74, 6) is -0.484. The van der Waals surface area contributed by atoms with Gasteiger partial charge in [0.25, 0.3) is 0 Å². The summed E-state index contributed by atoms with van der Waals surface area (Å²) < 4.78 is 5.93. The van der Waals surface area contributed by atoms with Crippen molar-refractivity contribution >= 4 is 11.9 Å². The number of carbonyl (C=O) groups excluding carboxylic acids is 2. The van der Waals surface area contributed by atoms with Gasteiger partial charge in [-0.1, -0.05) is 257 Å². The molecule has 1 amide bonds. The molecular weight excluding hydrogens is 767 g/mol. The Balaban J connectivity index is 4.57. The molecule has 0 bridgehead atoms. The highest BCUT2D eigenvalue weighted by molar-refractivity contribution is 5.77. The van der Waals surface area contributed by atoms with E-state index in [0.29, 0.717) is 19.3 Å². The topological polar surface area (TPSA) is 95.9 Å². The standard InChI is InChI=1S/C56H107NO5/c1-4-7-10-13-16-19-22-25-27-29-30-32-35-38-41-44-47-52(62-56(61)49-46-43-40-37-34-24-21-18-15-12-9-6-3)50-55(60)57-53(51-58)54(59)48-45-42-39-36-33-31-28-26-23-20-17-14-11-8-5-2/h27,29-30,32,52-54,58-59H,4-26,28,31,33-51H2,1-3H3,(H,57,60)/b29-27+,32-30+. The Labute approximate surface area is 386 Å². The minimum atomic E-state index is -0.791. The van der Waals surface area contributed by atoms with Crippen LogP contribution in [0.1, 0.15) is 297 Å². The van der Waals surface area contributed by atoms with Gasteiger partial charge in [-0.05, 0) is 51.4 Å². The lowest BCUT2D eigenvalue weighted by molar-refractivity contribution is -0.151. The molecule has 62 heavy (non-hydrogen) atoms. The average Bonchev–Trinajstić information content (AvgIpc) is 3.26. The van der Waals surface area contributed by atoms with Crippen LogP contribution in [0.3, 0.4) is 0 Å². The van der Waals surface area contributed by atoms with Crippen LogP contribution in [0.4, 0.5) is 0 Å². The molecule has 3 unspecified atom stereocenters. The van der Waals surface area contributed by atoms with Crippen molar-refractivity contribution in [2.45, 2.75) is 315 Å². The number of hydrogen-bond acceptors (Lipinski definition) is 5. The molecule has 6 heteroatoms. The summed E-state index contributed by atoms with van der Waals surface area (Å²) in [5.41, 5.74) is 0. The molecule has 0 heterocycles. The van der Waals surface area contributed by atoms with Gasteiger partial charge in [0, 0.05) is 6.42 Å². The number of esters is 1. The third kappa shape index (κ3) is 44.9. The number of ether oxygens (including phenoxy) is 1. The molecule has 0 saturated carbocycles. The first-order valence-electron chi connectivity index (χ1n) is 27.6. The van der Waals surface area contributed by atoms with Crippen LogP contribution in [0.15, 0.2) is 24.3 Å². The number of allylic oxidation sites excluding steroid dienone is 4. The SMILES string of the molecule is CCCCCCCCC/C=C/C=C/CCCCCC(CC(=O)NC(CO)C(O)CCCCCCCCCCCCCCCCC)OC(=O)CCCCCCCCCCCCCC. The molecule has 3 N–H and O–H groups in total. The van der Waals surface area contributed by atoms with Crippen molar-refractivity contribution in [2.75, 3.05) is 6.61 Å². The zero-order valence-electron chi connectivity index (χ0n) is 41.8. The fraction of sp³-hybridized carbons (Fsp3) is 0.893. The molecule has 0 aliphatic rings. The Kier molecular flexibility index (Phi) is 49.0. The summed E-state index contributed by atoms with van der Waals surface area (Å²) >= 11 is 0. The van der Waals surface area contributed by atoms with Crippen molar-refractivity contribution in [3.8, 4) is 0 Å². The Morgan fingerprint density at radius 1 is 0.468 bits per heavy atom. The number of carbonyl (C=O) groups is 2. The van der Waals surface area contributed by atoms with Gasteiger partial charge in [0.1, 0.15) is 6.10 Å². The normalized spacial score (nSPS) is 13.3. The van der Waals surface area contributed by atoms with Gasteiger partial charge in [0.15, 0.2) is 0 Å². The Bertz CT molecular complexity index is 981. The summed E-state index contributed by atoms with van der Waals surface area (Å²) in [7, 11) is 0. The number of aliphatic hydroxyl groups excluding tert-OH is 2. The first kappa shape index (κ1) is 60.3. The monoisotopic (exact) mass is 874 g/mol. The molecule has 0 aromatic rings. The maximum absolute atomic E-state index is 13.2. The minimum Gasteiger partial charge on any atom is -0.462 e. The van der Waals surface area contributed by atoms with Crippen molar-refractivity contribution in [1.82, 2.24) is 5.32 Å². The second-order valence-electron chi connectivity index (χ2n) is 19.0. The maximum Gasteiger partial charge on any atom is 0.306 e. The van der Waals surface area contributed by atoms with E-state index in [4.69, 9.17) is 4.74 Å². The van der Waals surface area contributed by atoms with Gasteiger partial charge in [0.2, 0.25) is 5.91 Å². The molecule has 0 aliphatic heterocycles. The highest BCUT2D eigenvalue weighted by Crippen LogP contribution is 2.18. The Morgan fingerprint density at radius 3 is 1.21 bits per heavy atom. The lowest BCUT2D eigenvalue weighted by Crippen LogP contribution is -2.46. The van der Waals surface area contributed by atoms with Crippen LogP contribution >= 0.6 is 0 Å². The zero-order valence-corrected chi connectivity index (χ0v) is 41.8. The van der Waals surface area contributed by atoms with Crippen LogP contribution < -0.4 is 5.32 Å². The third-order valence-corrected chi connectivity index (χ3v) is 12.8. The van der Waals surface area contributed by atoms with E-state index in [9.17, 15) is 19.8 Å². The van der Waals surface area contributed by atoms with E-state index >= 15 is 0 Å². The Hall–Kier alpha value is -1.66. The predicted octanol–water partition coefficient (Wildman–Crippen LogP) is 16.7. The van der Waals surface area contributed by atoms with Gasteiger partial charge in [-0.3, -0.25) is 9.59 Å². The second-order valence-corrected chi connectivity index (χ2v) is 19.0. The largest absolute Gasteiger partial charge is 0.462 e. The average molecular weight is 874 g/mol. The second kappa shape index (κ2) is 50.3. The molecule has 0 radical (unpaired) electrons. The van der Waals surface area contributed by atoms with Crippen molar-refractivity contribution < 1.29 is 24.5 Å². The Morgan fingerprint density at radius 2 is 0.806 bits per heavy atom. The van der Waals surface area contributed by atoms with Crippen molar-refractivity contribution in [1.29, 1.82) is 0 Å². The highest BCUT2D eigenvalue weighted by Gasteiger charge is 2.24. The van der Waals surface area contributed by atoms with E-state index in [2.05, 4.69) is 50.4 Å². The molecule has 0 aliphatic carbocycles. The number of amides is 1. The summed E-state index contributed by atoms with van der Waals surface area (Å²) in [6.45, 7) is 6.50. The van der Waals surface area contributed by atoms with Crippen LogP contribution in [0.25, 0.3) is 0 Å². The van der Waals surface area contributed by atoms with E-state index in [-0.39, 0.29) is 24.9 Å². The van der Waals surface area contributed by atoms with Gasteiger partial charge in [0.05, 0.1) is 25.2 Å². The first-order valence-corrected chi connectivity index (χ1v) is 27.6. The molecule has 0 rings (SSSR count). The van der Waals surface area contributed by atoms with Gasteiger partial charge in [-0.25, -0.2) is 0 Å². The number of rotatable bonds is 50. The van der Waals surface area contributed by atoms with E-state index in [1.165, 1.54) is 186 Å². The summed E-state index contributed by atoms with van der Waals surface area (Å²) in [4.78, 5) is 26.2. The fourth-order valence-corrected chi connectivity index (χ4v) is 8.60. The molecule has 0 spiro atoms. The number of nitrogens with one attached hydrogen (secondary N) is 1. The van der Waals surface area contributed by atoms with Crippen molar-refractivity contribution in [2.24, 2.45) is 0 Å². The van der Waals surface area contributed by atoms with Crippen LogP contribution in [0.5, 0.6) is 0 Å². The van der Waals surface area contributed by atoms with E-state index in [1.54, 1.807) is 0 Å². The zero-order chi connectivity index (χ0) is 45.2. The quantitative estimate of drug-likeness (QED) is 0.0321. The van der Waals surface area contributed by atoms with E-state index < -0.39 is 18.2 Å². The molecule has 0 aromatic heterocycles. The molecule has 366 valence electrons. The number of aliphatic hydroxyl groups is 2. The molecule has 0 saturated heterocycles. The van der Waals surface area contributed by atoms with Gasteiger partial charge in [-0.15, -0.1) is 0 Å². The minimum absolute atomic E-state index is 0.0653. The number of hydrogen-bond donors (Lipinski definition) is 3. The summed E-state index contributed by atoms with van der Waals surface area (Å²) in [6.07, 6.45) is 58.1. The van der Waals surface area contributed by atoms with E-state index in [0.717, 1.165) is 64.2 Å².